The third-order valence-electron chi connectivity index (χ3n) is 6.55. The fraction of sp³-hybridized carbons (Fsp3) is 0.429. The third kappa shape index (κ3) is 5.86. The molecule has 2 heterocycles. The standard InChI is InChI=1S/C28H35N3O3/c1-22-12-9-10-18-31(22)28-25(27(29-34-28)24-15-7-4-8-16-24)21-30(17-11-19-33-2)26(32)20-23-13-5-3-6-14-23/h3-8,13-16,22H,9-12,17-21H2,1-2H3/t22-/m1/s1. The molecule has 6 nitrogen and oxygen atoms in total. The van der Waals surface area contributed by atoms with Crippen LogP contribution in [0.2, 0.25) is 0 Å². The number of amides is 1. The van der Waals surface area contributed by atoms with Crippen LogP contribution in [-0.2, 0) is 22.5 Å². The normalized spacial score (nSPS) is 15.9. The topological polar surface area (TPSA) is 58.8 Å². The average molecular weight is 462 g/mol. The number of piperidine rings is 1. The number of benzene rings is 2. The van der Waals surface area contributed by atoms with E-state index in [2.05, 4.69) is 17.0 Å². The first kappa shape index (κ1) is 24.0. The summed E-state index contributed by atoms with van der Waals surface area (Å²) in [4.78, 5) is 17.7. The molecule has 0 aliphatic carbocycles. The van der Waals surface area contributed by atoms with E-state index in [1.165, 1.54) is 6.42 Å². The highest BCUT2D eigenvalue weighted by Gasteiger charge is 2.29. The van der Waals surface area contributed by atoms with Crippen LogP contribution in [0, 0.1) is 0 Å². The number of nitrogens with zero attached hydrogens (tertiary/aromatic N) is 3. The second-order valence-electron chi connectivity index (χ2n) is 9.04. The zero-order valence-corrected chi connectivity index (χ0v) is 20.3. The summed E-state index contributed by atoms with van der Waals surface area (Å²) in [7, 11) is 1.69. The molecule has 34 heavy (non-hydrogen) atoms. The number of ether oxygens (including phenoxy) is 1. The monoisotopic (exact) mass is 461 g/mol. The molecule has 0 bridgehead atoms. The maximum atomic E-state index is 13.5. The van der Waals surface area contributed by atoms with E-state index in [1.807, 2.05) is 65.6 Å². The fourth-order valence-electron chi connectivity index (χ4n) is 4.66. The summed E-state index contributed by atoms with van der Waals surface area (Å²) < 4.78 is 11.3. The molecular weight excluding hydrogens is 426 g/mol. The Hall–Kier alpha value is -3.12. The molecule has 1 fully saturated rings. The molecule has 0 saturated carbocycles. The van der Waals surface area contributed by atoms with E-state index < -0.39 is 0 Å². The number of carbonyl (C=O) groups is 1. The van der Waals surface area contributed by atoms with Crippen LogP contribution in [0.25, 0.3) is 11.3 Å². The van der Waals surface area contributed by atoms with Crippen molar-refractivity contribution in [1.82, 2.24) is 10.1 Å². The molecule has 4 rings (SSSR count). The van der Waals surface area contributed by atoms with Gasteiger partial charge in [0.15, 0.2) is 0 Å². The highest BCUT2D eigenvalue weighted by Crippen LogP contribution is 2.35. The van der Waals surface area contributed by atoms with E-state index in [-0.39, 0.29) is 5.91 Å². The van der Waals surface area contributed by atoms with Crippen molar-refractivity contribution in [2.45, 2.75) is 51.6 Å². The van der Waals surface area contributed by atoms with Crippen LogP contribution in [0.3, 0.4) is 0 Å². The van der Waals surface area contributed by atoms with Gasteiger partial charge in [0, 0.05) is 38.4 Å². The van der Waals surface area contributed by atoms with Crippen molar-refractivity contribution in [2.24, 2.45) is 0 Å². The maximum absolute atomic E-state index is 13.5. The minimum Gasteiger partial charge on any atom is -0.385 e. The van der Waals surface area contributed by atoms with E-state index in [0.29, 0.717) is 32.2 Å². The molecule has 1 aliphatic heterocycles. The predicted molar refractivity (Wildman–Crippen MR) is 135 cm³/mol. The maximum Gasteiger partial charge on any atom is 0.233 e. The Morgan fingerprint density at radius 1 is 1.12 bits per heavy atom. The zero-order valence-electron chi connectivity index (χ0n) is 20.3. The molecule has 0 N–H and O–H groups in total. The first-order valence-corrected chi connectivity index (χ1v) is 12.3. The molecule has 1 aliphatic rings. The Morgan fingerprint density at radius 3 is 2.56 bits per heavy atom. The number of aromatic nitrogens is 1. The van der Waals surface area contributed by atoms with E-state index in [9.17, 15) is 4.79 Å². The Kier molecular flexibility index (Phi) is 8.36. The van der Waals surface area contributed by atoms with Crippen LogP contribution in [0.4, 0.5) is 5.88 Å². The summed E-state index contributed by atoms with van der Waals surface area (Å²) in [6.45, 7) is 4.87. The van der Waals surface area contributed by atoms with Gasteiger partial charge in [0.2, 0.25) is 11.8 Å². The van der Waals surface area contributed by atoms with Gasteiger partial charge in [-0.1, -0.05) is 65.8 Å². The van der Waals surface area contributed by atoms with Crippen LogP contribution in [0.15, 0.2) is 65.2 Å². The van der Waals surface area contributed by atoms with Crippen LogP contribution in [-0.4, -0.2) is 48.8 Å². The molecular formula is C28H35N3O3. The molecule has 2 aromatic carbocycles. The largest absolute Gasteiger partial charge is 0.385 e. The van der Waals surface area contributed by atoms with Gasteiger partial charge in [0.25, 0.3) is 0 Å². The van der Waals surface area contributed by atoms with E-state index in [4.69, 9.17) is 9.26 Å². The van der Waals surface area contributed by atoms with E-state index in [1.54, 1.807) is 7.11 Å². The summed E-state index contributed by atoms with van der Waals surface area (Å²) in [6.07, 6.45) is 4.64. The molecule has 1 atom stereocenters. The third-order valence-corrected chi connectivity index (χ3v) is 6.55. The van der Waals surface area contributed by atoms with Gasteiger partial charge in [-0.05, 0) is 38.2 Å². The summed E-state index contributed by atoms with van der Waals surface area (Å²) in [5.74, 6) is 0.899. The number of methoxy groups -OCH3 is 1. The first-order valence-electron chi connectivity index (χ1n) is 12.3. The Morgan fingerprint density at radius 2 is 1.85 bits per heavy atom. The summed E-state index contributed by atoms with van der Waals surface area (Å²) in [5.41, 5.74) is 3.82. The molecule has 1 aromatic heterocycles. The highest BCUT2D eigenvalue weighted by molar-refractivity contribution is 5.79. The molecule has 0 spiro atoms. The van der Waals surface area contributed by atoms with Gasteiger partial charge in [-0.25, -0.2) is 0 Å². The molecule has 180 valence electrons. The van der Waals surface area contributed by atoms with E-state index in [0.717, 1.165) is 54.1 Å². The Labute approximate surface area is 202 Å². The molecule has 0 radical (unpaired) electrons. The smallest absolute Gasteiger partial charge is 0.233 e. The molecule has 1 amide bonds. The Balaban J connectivity index is 1.66. The van der Waals surface area contributed by atoms with Crippen LogP contribution in [0.5, 0.6) is 0 Å². The minimum atomic E-state index is 0.0974. The van der Waals surface area contributed by atoms with Crippen molar-refractivity contribution in [3.63, 3.8) is 0 Å². The van der Waals surface area contributed by atoms with Gasteiger partial charge < -0.3 is 19.1 Å². The van der Waals surface area contributed by atoms with Gasteiger partial charge in [-0.2, -0.15) is 0 Å². The summed E-state index contributed by atoms with van der Waals surface area (Å²) in [6, 6.07) is 20.4. The number of rotatable bonds is 10. The van der Waals surface area contributed by atoms with E-state index >= 15 is 0 Å². The van der Waals surface area contributed by atoms with Crippen molar-refractivity contribution in [3.05, 3.63) is 71.8 Å². The first-order chi connectivity index (χ1) is 16.7. The SMILES string of the molecule is COCCCN(Cc1c(-c2ccccc2)noc1N1CCCC[C@H]1C)C(=O)Cc1ccccc1. The van der Waals surface area contributed by atoms with Gasteiger partial charge in [-0.15, -0.1) is 0 Å². The second-order valence-corrected chi connectivity index (χ2v) is 9.04. The lowest BCUT2D eigenvalue weighted by molar-refractivity contribution is -0.131. The minimum absolute atomic E-state index is 0.0974. The van der Waals surface area contributed by atoms with Crippen LogP contribution < -0.4 is 4.90 Å². The number of anilines is 1. The average Bonchev–Trinajstić information content (AvgIpc) is 3.28. The lowest BCUT2D eigenvalue weighted by Gasteiger charge is -2.34. The van der Waals surface area contributed by atoms with Crippen molar-refractivity contribution in [3.8, 4) is 11.3 Å². The van der Waals surface area contributed by atoms with Crippen LogP contribution >= 0.6 is 0 Å². The highest BCUT2D eigenvalue weighted by atomic mass is 16.5. The molecule has 3 aromatic rings. The lowest BCUT2D eigenvalue weighted by atomic mass is 10.0. The fourth-order valence-corrected chi connectivity index (χ4v) is 4.66. The van der Waals surface area contributed by atoms with Crippen molar-refractivity contribution >= 4 is 11.8 Å². The quantitative estimate of drug-likeness (QED) is 0.382. The second kappa shape index (κ2) is 11.8. The zero-order chi connectivity index (χ0) is 23.8. The Bertz CT molecular complexity index is 1040. The number of hydrogen-bond donors (Lipinski definition) is 0. The molecule has 1 saturated heterocycles. The molecule has 6 heteroatoms. The van der Waals surface area contributed by atoms with Crippen molar-refractivity contribution < 1.29 is 14.1 Å². The van der Waals surface area contributed by atoms with Gasteiger partial charge in [0.05, 0.1) is 18.5 Å². The molecule has 0 unspecified atom stereocenters. The van der Waals surface area contributed by atoms with Gasteiger partial charge in [0.1, 0.15) is 5.69 Å². The summed E-state index contributed by atoms with van der Waals surface area (Å²) >= 11 is 0. The van der Waals surface area contributed by atoms with Crippen LogP contribution in [0.1, 0.15) is 43.7 Å². The number of hydrogen-bond acceptors (Lipinski definition) is 5. The van der Waals surface area contributed by atoms with Gasteiger partial charge >= 0.3 is 0 Å². The van der Waals surface area contributed by atoms with Crippen molar-refractivity contribution in [2.75, 3.05) is 31.7 Å². The predicted octanol–water partition coefficient (Wildman–Crippen LogP) is 5.33. The number of carbonyl (C=O) groups excluding carboxylic acids is 1. The summed E-state index contributed by atoms with van der Waals surface area (Å²) in [5, 5.41) is 4.51. The van der Waals surface area contributed by atoms with Gasteiger partial charge in [-0.3, -0.25) is 4.79 Å². The van der Waals surface area contributed by atoms with Crippen molar-refractivity contribution in [1.29, 1.82) is 0 Å². The lowest BCUT2D eigenvalue weighted by Crippen LogP contribution is -2.39.